The van der Waals surface area contributed by atoms with Crippen molar-refractivity contribution in [3.05, 3.63) is 0 Å². The molecule has 3 heteroatoms. The summed E-state index contributed by atoms with van der Waals surface area (Å²) in [5.74, 6) is 0. The van der Waals surface area contributed by atoms with Crippen LogP contribution in [0.4, 0.5) is 0 Å². The van der Waals surface area contributed by atoms with Crippen LogP contribution in [0.15, 0.2) is 0 Å². The lowest BCUT2D eigenvalue weighted by Crippen LogP contribution is -2.55. The molecule has 2 aliphatic rings. The molecule has 3 nitrogen and oxygen atoms in total. The Morgan fingerprint density at radius 1 is 1.19 bits per heavy atom. The summed E-state index contributed by atoms with van der Waals surface area (Å²) in [4.78, 5) is 2.59. The van der Waals surface area contributed by atoms with Crippen molar-refractivity contribution in [2.75, 3.05) is 19.9 Å². The first-order valence-electron chi connectivity index (χ1n) is 6.49. The van der Waals surface area contributed by atoms with Gasteiger partial charge in [-0.15, -0.1) is 0 Å². The Morgan fingerprint density at radius 3 is 2.50 bits per heavy atom. The third-order valence-electron chi connectivity index (χ3n) is 3.80. The van der Waals surface area contributed by atoms with Crippen LogP contribution < -0.4 is 0 Å². The van der Waals surface area contributed by atoms with Gasteiger partial charge in [0.2, 0.25) is 0 Å². The first-order valence-corrected chi connectivity index (χ1v) is 6.49. The summed E-state index contributed by atoms with van der Waals surface area (Å²) in [6.07, 6.45) is 2.97. The van der Waals surface area contributed by atoms with Gasteiger partial charge in [0.1, 0.15) is 6.79 Å². The molecular weight excluding hydrogens is 202 g/mol. The van der Waals surface area contributed by atoms with E-state index in [1.165, 1.54) is 13.0 Å². The van der Waals surface area contributed by atoms with E-state index in [9.17, 15) is 0 Å². The minimum absolute atomic E-state index is 0.310. The van der Waals surface area contributed by atoms with E-state index in [0.29, 0.717) is 30.5 Å². The molecule has 2 saturated heterocycles. The fourth-order valence-electron chi connectivity index (χ4n) is 2.98. The molecule has 0 aromatic heterocycles. The fraction of sp³-hybridized carbons (Fsp3) is 1.00. The molecule has 0 aromatic rings. The quantitative estimate of drug-likeness (QED) is 0.722. The van der Waals surface area contributed by atoms with Gasteiger partial charge in [0, 0.05) is 12.6 Å². The van der Waals surface area contributed by atoms with Gasteiger partial charge in [0.05, 0.1) is 12.2 Å². The van der Waals surface area contributed by atoms with Crippen molar-refractivity contribution in [2.24, 2.45) is 5.41 Å². The summed E-state index contributed by atoms with van der Waals surface area (Å²) in [6.45, 7) is 11.9. The van der Waals surface area contributed by atoms with E-state index in [1.54, 1.807) is 0 Å². The van der Waals surface area contributed by atoms with E-state index in [4.69, 9.17) is 9.47 Å². The third-order valence-corrected chi connectivity index (χ3v) is 3.80. The predicted molar refractivity (Wildman–Crippen MR) is 64.3 cm³/mol. The fourth-order valence-corrected chi connectivity index (χ4v) is 2.98. The molecular formula is C13H25NO2. The zero-order chi connectivity index (χ0) is 11.8. The number of ether oxygens (including phenoxy) is 2. The lowest BCUT2D eigenvalue weighted by atomic mass is 9.79. The van der Waals surface area contributed by atoms with Gasteiger partial charge >= 0.3 is 0 Å². The molecule has 0 aliphatic carbocycles. The van der Waals surface area contributed by atoms with Crippen molar-refractivity contribution in [1.29, 1.82) is 0 Å². The maximum absolute atomic E-state index is 5.66. The molecule has 3 unspecified atom stereocenters. The van der Waals surface area contributed by atoms with Gasteiger partial charge in [-0.25, -0.2) is 0 Å². The highest BCUT2D eigenvalue weighted by atomic mass is 16.7. The Balaban J connectivity index is 2.08. The molecule has 2 heterocycles. The third kappa shape index (κ3) is 2.41. The molecule has 2 rings (SSSR count). The molecule has 0 amide bonds. The van der Waals surface area contributed by atoms with Crippen molar-refractivity contribution in [1.82, 2.24) is 4.90 Å². The zero-order valence-electron chi connectivity index (χ0n) is 11.0. The minimum atomic E-state index is 0.310. The molecule has 0 spiro atoms. The van der Waals surface area contributed by atoms with Gasteiger partial charge in [-0.3, -0.25) is 4.90 Å². The smallest absolute Gasteiger partial charge is 0.147 e. The topological polar surface area (TPSA) is 21.7 Å². The number of fused-ring (bicyclic) bond motifs is 1. The highest BCUT2D eigenvalue weighted by Gasteiger charge is 2.43. The molecule has 0 saturated carbocycles. The van der Waals surface area contributed by atoms with E-state index in [1.807, 2.05) is 0 Å². The van der Waals surface area contributed by atoms with Crippen LogP contribution in [0.1, 0.15) is 40.5 Å². The van der Waals surface area contributed by atoms with Gasteiger partial charge in [-0.1, -0.05) is 27.7 Å². The minimum Gasteiger partial charge on any atom is -0.349 e. The van der Waals surface area contributed by atoms with Crippen LogP contribution in [-0.4, -0.2) is 43.0 Å². The normalized spacial score (nSPS) is 36.4. The maximum atomic E-state index is 5.66. The van der Waals surface area contributed by atoms with Crippen LogP contribution in [-0.2, 0) is 9.47 Å². The summed E-state index contributed by atoms with van der Waals surface area (Å²) in [7, 11) is 0. The molecule has 0 N–H and O–H groups in total. The first kappa shape index (κ1) is 12.3. The number of hydrogen-bond acceptors (Lipinski definition) is 3. The highest BCUT2D eigenvalue weighted by Crippen LogP contribution is 2.35. The molecule has 0 radical (unpaired) electrons. The van der Waals surface area contributed by atoms with Crippen molar-refractivity contribution in [3.8, 4) is 0 Å². The maximum Gasteiger partial charge on any atom is 0.147 e. The van der Waals surface area contributed by atoms with Gasteiger partial charge in [0.15, 0.2) is 0 Å². The second kappa shape index (κ2) is 4.63. The van der Waals surface area contributed by atoms with E-state index in [-0.39, 0.29) is 0 Å². The summed E-state index contributed by atoms with van der Waals surface area (Å²) < 4.78 is 11.3. The molecule has 3 atom stereocenters. The number of piperidine rings is 1. The Hall–Kier alpha value is -0.120. The van der Waals surface area contributed by atoms with E-state index in [2.05, 4.69) is 32.6 Å². The van der Waals surface area contributed by atoms with E-state index >= 15 is 0 Å². The van der Waals surface area contributed by atoms with Crippen LogP contribution in [0.2, 0.25) is 0 Å². The second-order valence-corrected chi connectivity index (χ2v) is 6.14. The van der Waals surface area contributed by atoms with E-state index < -0.39 is 0 Å². The Bertz CT molecular complexity index is 237. The van der Waals surface area contributed by atoms with Gasteiger partial charge < -0.3 is 9.47 Å². The van der Waals surface area contributed by atoms with Gasteiger partial charge in [-0.2, -0.15) is 0 Å². The lowest BCUT2D eigenvalue weighted by Gasteiger charge is -2.46. The van der Waals surface area contributed by atoms with E-state index in [0.717, 1.165) is 13.0 Å². The Morgan fingerprint density at radius 2 is 1.88 bits per heavy atom. The zero-order valence-corrected chi connectivity index (χ0v) is 11.0. The number of nitrogens with zero attached hydrogens (tertiary/aromatic N) is 1. The van der Waals surface area contributed by atoms with Crippen LogP contribution >= 0.6 is 0 Å². The Kier molecular flexibility index (Phi) is 3.57. The summed E-state index contributed by atoms with van der Waals surface area (Å²) in [6, 6.07) is 0.621. The predicted octanol–water partition coefficient (Wildman–Crippen LogP) is 2.26. The molecule has 0 aromatic carbocycles. The average molecular weight is 227 g/mol. The molecule has 2 fully saturated rings. The van der Waals surface area contributed by atoms with Crippen LogP contribution in [0, 0.1) is 5.41 Å². The van der Waals surface area contributed by atoms with Crippen LogP contribution in [0.5, 0.6) is 0 Å². The van der Waals surface area contributed by atoms with Gasteiger partial charge in [0.25, 0.3) is 0 Å². The summed E-state index contributed by atoms with van der Waals surface area (Å²) >= 11 is 0. The molecule has 0 bridgehead atoms. The standard InChI is InChI=1S/C13H25NO2/c1-5-6-14-8-11-10(15-9-16-11)7-12(14)13(2,3)4/h10-12H,5-9H2,1-4H3. The average Bonchev–Trinajstić information content (AvgIpc) is 2.62. The van der Waals surface area contributed by atoms with Crippen LogP contribution in [0.3, 0.4) is 0 Å². The molecule has 94 valence electrons. The SMILES string of the molecule is CCCN1CC2OCOC2CC1C(C)(C)C. The first-order chi connectivity index (χ1) is 7.52. The van der Waals surface area contributed by atoms with Crippen molar-refractivity contribution >= 4 is 0 Å². The highest BCUT2D eigenvalue weighted by molar-refractivity contribution is 4.95. The van der Waals surface area contributed by atoms with Gasteiger partial charge in [-0.05, 0) is 24.8 Å². The summed E-state index contributed by atoms with van der Waals surface area (Å²) in [5.41, 5.74) is 0.325. The molecule has 2 aliphatic heterocycles. The van der Waals surface area contributed by atoms with Crippen molar-refractivity contribution in [2.45, 2.75) is 58.8 Å². The van der Waals surface area contributed by atoms with Crippen molar-refractivity contribution < 1.29 is 9.47 Å². The van der Waals surface area contributed by atoms with Crippen molar-refractivity contribution in [3.63, 3.8) is 0 Å². The monoisotopic (exact) mass is 227 g/mol. The van der Waals surface area contributed by atoms with Crippen LogP contribution in [0.25, 0.3) is 0 Å². The second-order valence-electron chi connectivity index (χ2n) is 6.14. The Labute approximate surface area is 99.1 Å². The number of rotatable bonds is 2. The largest absolute Gasteiger partial charge is 0.349 e. The number of hydrogen-bond donors (Lipinski definition) is 0. The summed E-state index contributed by atoms with van der Waals surface area (Å²) in [5, 5.41) is 0. The molecule has 16 heavy (non-hydrogen) atoms. The lowest BCUT2D eigenvalue weighted by molar-refractivity contribution is -0.0240. The number of likely N-dealkylation sites (tertiary alicyclic amines) is 1.